The maximum Gasteiger partial charge on any atom is 0.286 e. The molecular weight excluding hydrogens is 308 g/mol. The summed E-state index contributed by atoms with van der Waals surface area (Å²) in [6, 6.07) is 9.23. The van der Waals surface area contributed by atoms with Crippen LogP contribution in [-0.2, 0) is 6.42 Å². The van der Waals surface area contributed by atoms with Crippen LogP contribution in [0.15, 0.2) is 39.2 Å². The van der Waals surface area contributed by atoms with Crippen LogP contribution in [0.3, 0.4) is 0 Å². The summed E-state index contributed by atoms with van der Waals surface area (Å²) in [5.74, 6) is 0.884. The number of aldehydes is 1. The highest BCUT2D eigenvalue weighted by molar-refractivity contribution is 6.05. The van der Waals surface area contributed by atoms with Crippen LogP contribution in [0.2, 0.25) is 0 Å². The van der Waals surface area contributed by atoms with E-state index in [9.17, 15) is 9.59 Å². The number of anilines is 1. The zero-order valence-electron chi connectivity index (χ0n) is 13.9. The Kier molecular flexibility index (Phi) is 5.42. The van der Waals surface area contributed by atoms with Crippen molar-refractivity contribution in [2.45, 2.75) is 20.3 Å². The van der Waals surface area contributed by atoms with Crippen molar-refractivity contribution in [3.63, 3.8) is 0 Å². The van der Waals surface area contributed by atoms with Gasteiger partial charge in [-0.1, -0.05) is 13.0 Å². The first-order valence-electron chi connectivity index (χ1n) is 7.54. The number of benzene rings is 1. The molecule has 3 N–H and O–H groups in total. The molecule has 0 bridgehead atoms. The predicted octanol–water partition coefficient (Wildman–Crippen LogP) is 3.54. The van der Waals surface area contributed by atoms with Crippen LogP contribution in [0.25, 0.3) is 11.0 Å². The molecule has 0 saturated heterocycles. The first kappa shape index (κ1) is 17.3. The van der Waals surface area contributed by atoms with Crippen LogP contribution in [0.4, 0.5) is 5.69 Å². The number of hydrogen-bond donors (Lipinski definition) is 2. The molecule has 0 aliphatic carbocycles. The largest absolute Gasteiger partial charge is 0.458 e. The summed E-state index contributed by atoms with van der Waals surface area (Å²) < 4.78 is 10.4. The van der Waals surface area contributed by atoms with E-state index in [0.717, 1.165) is 23.1 Å². The van der Waals surface area contributed by atoms with Crippen molar-refractivity contribution >= 4 is 28.8 Å². The number of fused-ring (bicyclic) bond motifs is 1. The fourth-order valence-corrected chi connectivity index (χ4v) is 2.27. The van der Waals surface area contributed by atoms with Gasteiger partial charge in [-0.3, -0.25) is 9.59 Å². The summed E-state index contributed by atoms with van der Waals surface area (Å²) >= 11 is 0. The van der Waals surface area contributed by atoms with Crippen LogP contribution in [0.1, 0.15) is 39.4 Å². The first-order chi connectivity index (χ1) is 11.5. The SMILES string of the molecule is CCc1ccc(C=O)o1.CNc1c(C(N)=O)oc2cc(C)ccc12. The van der Waals surface area contributed by atoms with E-state index in [-0.39, 0.29) is 5.76 Å². The first-order valence-corrected chi connectivity index (χ1v) is 7.54. The third kappa shape index (κ3) is 3.65. The molecular formula is C18H20N2O4. The van der Waals surface area contributed by atoms with Gasteiger partial charge in [-0.05, 0) is 36.8 Å². The minimum atomic E-state index is -0.562. The molecule has 3 rings (SSSR count). The van der Waals surface area contributed by atoms with Gasteiger partial charge in [0, 0.05) is 18.9 Å². The lowest BCUT2D eigenvalue weighted by Gasteiger charge is -1.97. The summed E-state index contributed by atoms with van der Waals surface area (Å²) in [7, 11) is 1.73. The summed E-state index contributed by atoms with van der Waals surface area (Å²) in [6.07, 6.45) is 1.55. The van der Waals surface area contributed by atoms with Crippen molar-refractivity contribution in [1.82, 2.24) is 0 Å². The number of carbonyl (C=O) groups excluding carboxylic acids is 2. The number of furan rings is 2. The Morgan fingerprint density at radius 2 is 2.00 bits per heavy atom. The summed E-state index contributed by atoms with van der Waals surface area (Å²) in [6.45, 7) is 3.94. The van der Waals surface area contributed by atoms with Gasteiger partial charge in [-0.25, -0.2) is 0 Å². The molecule has 1 aromatic carbocycles. The average molecular weight is 328 g/mol. The molecule has 0 unspecified atom stereocenters. The Bertz CT molecular complexity index is 861. The van der Waals surface area contributed by atoms with Gasteiger partial charge in [0.05, 0.1) is 5.69 Å². The molecule has 0 aliphatic heterocycles. The second kappa shape index (κ2) is 7.50. The van der Waals surface area contributed by atoms with Crippen LogP contribution < -0.4 is 11.1 Å². The lowest BCUT2D eigenvalue weighted by atomic mass is 10.1. The lowest BCUT2D eigenvalue weighted by molar-refractivity contribution is 0.0976. The monoisotopic (exact) mass is 328 g/mol. The van der Waals surface area contributed by atoms with E-state index >= 15 is 0 Å². The van der Waals surface area contributed by atoms with Gasteiger partial charge in [0.2, 0.25) is 5.76 Å². The topological polar surface area (TPSA) is 98.5 Å². The molecule has 0 radical (unpaired) electrons. The Morgan fingerprint density at radius 1 is 1.25 bits per heavy atom. The molecule has 0 spiro atoms. The average Bonchev–Trinajstić information content (AvgIpc) is 3.18. The van der Waals surface area contributed by atoms with E-state index < -0.39 is 5.91 Å². The van der Waals surface area contributed by atoms with Crippen molar-refractivity contribution in [1.29, 1.82) is 0 Å². The Balaban J connectivity index is 0.000000198. The lowest BCUT2D eigenvalue weighted by Crippen LogP contribution is -2.11. The van der Waals surface area contributed by atoms with Gasteiger partial charge < -0.3 is 19.9 Å². The quantitative estimate of drug-likeness (QED) is 0.714. The molecule has 0 aliphatic rings. The number of nitrogens with one attached hydrogen (secondary N) is 1. The second-order valence-electron chi connectivity index (χ2n) is 5.20. The normalized spacial score (nSPS) is 10.1. The third-order valence-electron chi connectivity index (χ3n) is 3.47. The maximum absolute atomic E-state index is 11.1. The van der Waals surface area contributed by atoms with E-state index in [1.165, 1.54) is 0 Å². The van der Waals surface area contributed by atoms with Gasteiger partial charge >= 0.3 is 0 Å². The molecule has 6 nitrogen and oxygen atoms in total. The van der Waals surface area contributed by atoms with Crippen molar-refractivity contribution in [2.75, 3.05) is 12.4 Å². The van der Waals surface area contributed by atoms with E-state index in [0.29, 0.717) is 23.3 Å². The smallest absolute Gasteiger partial charge is 0.286 e. The van der Waals surface area contributed by atoms with Gasteiger partial charge in [-0.2, -0.15) is 0 Å². The fraction of sp³-hybridized carbons (Fsp3) is 0.222. The molecule has 0 fully saturated rings. The number of carbonyl (C=O) groups is 2. The van der Waals surface area contributed by atoms with Gasteiger partial charge in [-0.15, -0.1) is 0 Å². The zero-order chi connectivity index (χ0) is 17.7. The number of rotatable bonds is 4. The molecule has 0 saturated carbocycles. The minimum absolute atomic E-state index is 0.179. The summed E-state index contributed by atoms with van der Waals surface area (Å²) in [4.78, 5) is 21.2. The van der Waals surface area contributed by atoms with Crippen LogP contribution in [-0.4, -0.2) is 19.2 Å². The predicted molar refractivity (Wildman–Crippen MR) is 92.5 cm³/mol. The molecule has 24 heavy (non-hydrogen) atoms. The van der Waals surface area contributed by atoms with Gasteiger partial charge in [0.15, 0.2) is 12.0 Å². The molecule has 6 heteroatoms. The van der Waals surface area contributed by atoms with Crippen LogP contribution in [0, 0.1) is 6.92 Å². The second-order valence-corrected chi connectivity index (χ2v) is 5.20. The highest BCUT2D eigenvalue weighted by Crippen LogP contribution is 2.30. The molecule has 2 heterocycles. The highest BCUT2D eigenvalue weighted by atomic mass is 16.4. The van der Waals surface area contributed by atoms with E-state index in [4.69, 9.17) is 14.6 Å². The van der Waals surface area contributed by atoms with Crippen LogP contribution >= 0.6 is 0 Å². The van der Waals surface area contributed by atoms with Crippen LogP contribution in [0.5, 0.6) is 0 Å². The molecule has 1 amide bonds. The molecule has 3 aromatic rings. The molecule has 126 valence electrons. The fourth-order valence-electron chi connectivity index (χ4n) is 2.27. The van der Waals surface area contributed by atoms with Crippen molar-refractivity contribution < 1.29 is 18.4 Å². The zero-order valence-corrected chi connectivity index (χ0v) is 13.9. The van der Waals surface area contributed by atoms with Gasteiger partial charge in [0.1, 0.15) is 11.3 Å². The van der Waals surface area contributed by atoms with Crippen molar-refractivity contribution in [3.8, 4) is 0 Å². The van der Waals surface area contributed by atoms with Crippen molar-refractivity contribution in [3.05, 3.63) is 53.2 Å². The number of primary amides is 1. The molecule has 0 atom stereocenters. The van der Waals surface area contributed by atoms with E-state index in [2.05, 4.69) is 5.32 Å². The highest BCUT2D eigenvalue weighted by Gasteiger charge is 2.16. The minimum Gasteiger partial charge on any atom is -0.458 e. The van der Waals surface area contributed by atoms with E-state index in [1.807, 2.05) is 38.1 Å². The van der Waals surface area contributed by atoms with Crippen molar-refractivity contribution in [2.24, 2.45) is 5.73 Å². The third-order valence-corrected chi connectivity index (χ3v) is 3.47. The Labute approximate surface area is 139 Å². The van der Waals surface area contributed by atoms with E-state index in [1.54, 1.807) is 13.1 Å². The number of nitrogens with two attached hydrogens (primary N) is 1. The number of aryl methyl sites for hydroxylation is 2. The van der Waals surface area contributed by atoms with Gasteiger partial charge in [0.25, 0.3) is 5.91 Å². The number of amides is 1. The standard InChI is InChI=1S/C11H12N2O2.C7H8O2/c1-6-3-4-7-8(5-6)15-10(11(12)14)9(7)13-2;1-2-6-3-4-7(5-8)9-6/h3-5,13H,1-2H3,(H2,12,14);3-5H,2H2,1H3. The maximum atomic E-state index is 11.1. The molecule has 2 aromatic heterocycles. The number of hydrogen-bond acceptors (Lipinski definition) is 5. The Hall–Kier alpha value is -3.02. The summed E-state index contributed by atoms with van der Waals surface area (Å²) in [5.41, 5.74) is 7.62. The summed E-state index contributed by atoms with van der Waals surface area (Å²) in [5, 5.41) is 3.80. The Morgan fingerprint density at radius 3 is 2.50 bits per heavy atom.